The number of hydrogen-bond acceptors (Lipinski definition) is 5. The van der Waals surface area contributed by atoms with Crippen molar-refractivity contribution in [2.45, 2.75) is 69.7 Å². The molecule has 0 bridgehead atoms. The number of piperidine rings is 1. The van der Waals surface area contributed by atoms with Crippen LogP contribution in [0.4, 0.5) is 0 Å². The number of hydrogen-bond donors (Lipinski definition) is 1. The monoisotopic (exact) mass is 439 g/mol. The van der Waals surface area contributed by atoms with Gasteiger partial charge in [0.1, 0.15) is 17.9 Å². The zero-order chi connectivity index (χ0) is 22.1. The van der Waals surface area contributed by atoms with Gasteiger partial charge in [-0.2, -0.15) is 0 Å². The maximum absolute atomic E-state index is 13.0. The number of carbonyl (C=O) groups is 2. The maximum atomic E-state index is 13.0. The molecule has 7 heteroatoms. The maximum Gasteiger partial charge on any atom is 0.255 e. The van der Waals surface area contributed by atoms with Crippen molar-refractivity contribution in [3.05, 3.63) is 41.6 Å². The molecule has 7 nitrogen and oxygen atoms in total. The molecule has 1 aromatic carbocycles. The summed E-state index contributed by atoms with van der Waals surface area (Å²) in [6, 6.07) is 5.80. The highest BCUT2D eigenvalue weighted by Crippen LogP contribution is 2.33. The van der Waals surface area contributed by atoms with E-state index >= 15 is 0 Å². The van der Waals surface area contributed by atoms with Gasteiger partial charge in [-0.15, -0.1) is 0 Å². The summed E-state index contributed by atoms with van der Waals surface area (Å²) < 4.78 is 12.1. The molecule has 3 aliphatic heterocycles. The Morgan fingerprint density at radius 2 is 1.88 bits per heavy atom. The van der Waals surface area contributed by atoms with Crippen LogP contribution in [0.2, 0.25) is 0 Å². The Morgan fingerprint density at radius 3 is 2.66 bits per heavy atom. The number of allylic oxidation sites excluding steroid dienone is 1. The summed E-state index contributed by atoms with van der Waals surface area (Å²) in [5, 5.41) is 2.79. The fourth-order valence-electron chi connectivity index (χ4n) is 5.63. The van der Waals surface area contributed by atoms with E-state index in [9.17, 15) is 9.59 Å². The fourth-order valence-corrected chi connectivity index (χ4v) is 5.63. The molecule has 4 aliphatic rings. The summed E-state index contributed by atoms with van der Waals surface area (Å²) in [5.74, 6) is 0.624. The van der Waals surface area contributed by atoms with Crippen LogP contribution in [0.5, 0.6) is 5.75 Å². The molecular formula is C25H33N3O4. The van der Waals surface area contributed by atoms with Gasteiger partial charge in [0.25, 0.3) is 5.91 Å². The summed E-state index contributed by atoms with van der Waals surface area (Å²) in [6.45, 7) is 8.10. The van der Waals surface area contributed by atoms with E-state index in [1.54, 1.807) is 4.90 Å². The molecule has 5 rings (SSSR count). The third kappa shape index (κ3) is 4.28. The van der Waals surface area contributed by atoms with Crippen LogP contribution in [0.3, 0.4) is 0 Å². The van der Waals surface area contributed by atoms with Crippen LogP contribution in [0.1, 0.15) is 60.9 Å². The second kappa shape index (κ2) is 9.24. The summed E-state index contributed by atoms with van der Waals surface area (Å²) in [7, 11) is 0. The Balaban J connectivity index is 1.27. The minimum Gasteiger partial charge on any atom is -0.489 e. The first-order valence-corrected chi connectivity index (χ1v) is 12.0. The number of benzene rings is 1. The lowest BCUT2D eigenvalue weighted by Gasteiger charge is -2.34. The fraction of sp³-hybridized carbons (Fsp3) is 0.600. The Morgan fingerprint density at radius 1 is 1.06 bits per heavy atom. The standard InChI is InChI=1S/C25H33N3O4/c1-17-7-10-22(24(29)26-17)28-16-18-15-19(8-9-20(18)25(28)30)32-23-6-2-5-21(23)27-11-3-13-31-14-4-12-27/h8-9,15,21-23H,1-7,10-14,16H2,(H,26,29)/t21-,22?,23-/m0/s1. The van der Waals surface area contributed by atoms with Crippen molar-refractivity contribution in [1.29, 1.82) is 0 Å². The van der Waals surface area contributed by atoms with Crippen LogP contribution in [-0.4, -0.2) is 66.1 Å². The van der Waals surface area contributed by atoms with E-state index in [0.29, 0.717) is 31.0 Å². The van der Waals surface area contributed by atoms with E-state index in [2.05, 4.69) is 16.8 Å². The first-order chi connectivity index (χ1) is 15.6. The minimum absolute atomic E-state index is 0.0687. The van der Waals surface area contributed by atoms with Crippen molar-refractivity contribution in [1.82, 2.24) is 15.1 Å². The molecule has 3 heterocycles. The lowest BCUT2D eigenvalue weighted by Crippen LogP contribution is -2.49. The Bertz CT molecular complexity index is 893. The molecule has 1 saturated carbocycles. The second-order valence-corrected chi connectivity index (χ2v) is 9.41. The first kappa shape index (κ1) is 21.5. The van der Waals surface area contributed by atoms with Crippen LogP contribution >= 0.6 is 0 Å². The molecule has 1 unspecified atom stereocenters. The van der Waals surface area contributed by atoms with Crippen LogP contribution in [0, 0.1) is 0 Å². The molecule has 0 radical (unpaired) electrons. The van der Waals surface area contributed by atoms with Gasteiger partial charge >= 0.3 is 0 Å². The van der Waals surface area contributed by atoms with Crippen LogP contribution in [0.15, 0.2) is 30.5 Å². The number of carbonyl (C=O) groups excluding carboxylic acids is 2. The number of nitrogens with one attached hydrogen (secondary N) is 1. The Hall–Kier alpha value is -2.38. The van der Waals surface area contributed by atoms with Crippen molar-refractivity contribution in [2.75, 3.05) is 26.3 Å². The van der Waals surface area contributed by atoms with Gasteiger partial charge in [0, 0.05) is 50.2 Å². The highest BCUT2D eigenvalue weighted by molar-refractivity contribution is 6.01. The second-order valence-electron chi connectivity index (χ2n) is 9.41. The third-order valence-corrected chi connectivity index (χ3v) is 7.25. The quantitative estimate of drug-likeness (QED) is 0.781. The lowest BCUT2D eigenvalue weighted by molar-refractivity contribution is -0.126. The number of ether oxygens (including phenoxy) is 2. The van der Waals surface area contributed by atoms with Crippen LogP contribution in [-0.2, 0) is 16.1 Å². The lowest BCUT2D eigenvalue weighted by atomic mass is 10.0. The molecule has 1 N–H and O–H groups in total. The normalized spacial score (nSPS) is 29.4. The summed E-state index contributed by atoms with van der Waals surface area (Å²) in [4.78, 5) is 29.7. The van der Waals surface area contributed by atoms with Crippen LogP contribution in [0.25, 0.3) is 0 Å². The predicted octanol–water partition coefficient (Wildman–Crippen LogP) is 2.85. The van der Waals surface area contributed by atoms with Gasteiger partial charge < -0.3 is 19.7 Å². The highest BCUT2D eigenvalue weighted by Gasteiger charge is 2.39. The average Bonchev–Trinajstić information content (AvgIpc) is 3.32. The Kier molecular flexibility index (Phi) is 6.20. The van der Waals surface area contributed by atoms with Crippen molar-refractivity contribution in [3.8, 4) is 5.75 Å². The molecule has 32 heavy (non-hydrogen) atoms. The molecule has 3 fully saturated rings. The van der Waals surface area contributed by atoms with Gasteiger partial charge in [0.05, 0.1) is 0 Å². The third-order valence-electron chi connectivity index (χ3n) is 7.25. The van der Waals surface area contributed by atoms with Gasteiger partial charge in [-0.05, 0) is 68.7 Å². The van der Waals surface area contributed by atoms with E-state index in [-0.39, 0.29) is 17.9 Å². The molecule has 172 valence electrons. The van der Waals surface area contributed by atoms with Crippen molar-refractivity contribution < 1.29 is 19.1 Å². The molecular weight excluding hydrogens is 406 g/mol. The van der Waals surface area contributed by atoms with Gasteiger partial charge in [-0.25, -0.2) is 0 Å². The summed E-state index contributed by atoms with van der Waals surface area (Å²) in [6.07, 6.45) is 7.06. The number of rotatable bonds is 4. The van der Waals surface area contributed by atoms with E-state index < -0.39 is 6.04 Å². The van der Waals surface area contributed by atoms with Crippen molar-refractivity contribution >= 4 is 11.8 Å². The number of nitrogens with zero attached hydrogens (tertiary/aromatic N) is 2. The zero-order valence-electron chi connectivity index (χ0n) is 18.7. The van der Waals surface area contributed by atoms with Crippen LogP contribution < -0.4 is 10.1 Å². The largest absolute Gasteiger partial charge is 0.489 e. The molecule has 3 atom stereocenters. The first-order valence-electron chi connectivity index (χ1n) is 12.0. The molecule has 0 spiro atoms. The van der Waals surface area contributed by atoms with Gasteiger partial charge in [0.15, 0.2) is 0 Å². The summed E-state index contributed by atoms with van der Waals surface area (Å²) >= 11 is 0. The zero-order valence-corrected chi connectivity index (χ0v) is 18.7. The number of amides is 2. The topological polar surface area (TPSA) is 71.1 Å². The number of fused-ring (bicyclic) bond motifs is 1. The van der Waals surface area contributed by atoms with Gasteiger partial charge in [-0.3, -0.25) is 14.5 Å². The molecule has 1 aliphatic carbocycles. The highest BCUT2D eigenvalue weighted by atomic mass is 16.5. The SMILES string of the molecule is C=C1CCC(N2Cc3cc(O[C@H]4CCC[C@@H]4N4CCCOCCC4)ccc3C2=O)C(=O)N1. The minimum atomic E-state index is -0.430. The van der Waals surface area contributed by atoms with E-state index in [1.807, 2.05) is 18.2 Å². The van der Waals surface area contributed by atoms with E-state index in [1.165, 1.54) is 12.8 Å². The molecule has 0 aromatic heterocycles. The predicted molar refractivity (Wildman–Crippen MR) is 120 cm³/mol. The molecule has 1 aromatic rings. The van der Waals surface area contributed by atoms with E-state index in [0.717, 1.165) is 62.6 Å². The Labute approximate surface area is 189 Å². The van der Waals surface area contributed by atoms with E-state index in [4.69, 9.17) is 9.47 Å². The van der Waals surface area contributed by atoms with Gasteiger partial charge in [-0.1, -0.05) is 6.58 Å². The average molecular weight is 440 g/mol. The molecule has 2 amide bonds. The summed E-state index contributed by atoms with van der Waals surface area (Å²) in [5.41, 5.74) is 2.36. The smallest absolute Gasteiger partial charge is 0.255 e. The van der Waals surface area contributed by atoms with Gasteiger partial charge in [0.2, 0.25) is 5.91 Å². The van der Waals surface area contributed by atoms with Crippen molar-refractivity contribution in [2.24, 2.45) is 0 Å². The molecule has 2 saturated heterocycles. The van der Waals surface area contributed by atoms with Crippen molar-refractivity contribution in [3.63, 3.8) is 0 Å².